The number of anilines is 1. The molecule has 0 heterocycles. The Morgan fingerprint density at radius 1 is 1.03 bits per heavy atom. The maximum Gasteiger partial charge on any atom is 0.242 e. The number of sulfonamides is 1. The smallest absolute Gasteiger partial charge is 0.242 e. The van der Waals surface area contributed by atoms with E-state index in [0.29, 0.717) is 42.2 Å². The van der Waals surface area contributed by atoms with Gasteiger partial charge in [0.15, 0.2) is 0 Å². The van der Waals surface area contributed by atoms with Gasteiger partial charge in [-0.3, -0.25) is 13.9 Å². The molecular weight excluding hydrogens is 510 g/mol. The molecule has 204 valence electrons. The Labute approximate surface area is 227 Å². The summed E-state index contributed by atoms with van der Waals surface area (Å²) in [5.74, 6) is -0.349. The minimum atomic E-state index is -3.59. The van der Waals surface area contributed by atoms with E-state index < -0.39 is 16.1 Å². The first-order valence-corrected chi connectivity index (χ1v) is 15.1. The Bertz CT molecular complexity index is 1150. The van der Waals surface area contributed by atoms with Crippen molar-refractivity contribution in [3.8, 4) is 0 Å². The molecule has 2 aromatic carbocycles. The van der Waals surface area contributed by atoms with Gasteiger partial charge in [0.2, 0.25) is 21.8 Å². The van der Waals surface area contributed by atoms with E-state index in [9.17, 15) is 18.0 Å². The number of amides is 2. The number of nitrogens with zero attached hydrogens (tertiary/aromatic N) is 2. The number of carbonyl (C=O) groups is 2. The van der Waals surface area contributed by atoms with E-state index in [1.165, 1.54) is 4.31 Å². The first-order chi connectivity index (χ1) is 17.5. The Balaban J connectivity index is 2.22. The van der Waals surface area contributed by atoms with Crippen molar-refractivity contribution < 1.29 is 18.0 Å². The van der Waals surface area contributed by atoms with Crippen LogP contribution in [0.5, 0.6) is 0 Å². The Hall–Kier alpha value is -2.58. The predicted molar refractivity (Wildman–Crippen MR) is 151 cm³/mol. The molecule has 2 rings (SSSR count). The summed E-state index contributed by atoms with van der Waals surface area (Å²) < 4.78 is 26.4. The van der Waals surface area contributed by atoms with Gasteiger partial charge in [-0.05, 0) is 56.4 Å². The number of aryl methyl sites for hydroxylation is 1. The molecular formula is C28H40ClN3O4S. The highest BCUT2D eigenvalue weighted by Gasteiger charge is 2.29. The third kappa shape index (κ3) is 9.04. The summed E-state index contributed by atoms with van der Waals surface area (Å²) in [6, 6.07) is 12.4. The zero-order valence-electron chi connectivity index (χ0n) is 22.6. The van der Waals surface area contributed by atoms with Crippen molar-refractivity contribution in [2.24, 2.45) is 0 Å². The highest BCUT2D eigenvalue weighted by atomic mass is 35.5. The van der Waals surface area contributed by atoms with Crippen LogP contribution in [0.1, 0.15) is 62.6 Å². The summed E-state index contributed by atoms with van der Waals surface area (Å²) in [5.41, 5.74) is 3.21. The predicted octanol–water partition coefficient (Wildman–Crippen LogP) is 5.23. The lowest BCUT2D eigenvalue weighted by Gasteiger charge is -2.31. The van der Waals surface area contributed by atoms with Crippen molar-refractivity contribution in [2.45, 2.75) is 72.4 Å². The van der Waals surface area contributed by atoms with E-state index in [1.807, 2.05) is 38.1 Å². The highest BCUT2D eigenvalue weighted by molar-refractivity contribution is 7.92. The van der Waals surface area contributed by atoms with Crippen LogP contribution in [0.25, 0.3) is 0 Å². The molecule has 7 nitrogen and oxygen atoms in total. The summed E-state index contributed by atoms with van der Waals surface area (Å²) in [6.07, 6.45) is 3.87. The van der Waals surface area contributed by atoms with Gasteiger partial charge in [0.1, 0.15) is 6.04 Å². The Morgan fingerprint density at radius 2 is 1.70 bits per heavy atom. The van der Waals surface area contributed by atoms with Crippen molar-refractivity contribution in [1.82, 2.24) is 10.2 Å². The number of hydrogen-bond acceptors (Lipinski definition) is 4. The second-order valence-corrected chi connectivity index (χ2v) is 11.7. The van der Waals surface area contributed by atoms with Crippen LogP contribution in [0, 0.1) is 13.8 Å². The summed E-state index contributed by atoms with van der Waals surface area (Å²) >= 11 is 6.23. The van der Waals surface area contributed by atoms with Crippen LogP contribution in [0.2, 0.25) is 5.02 Å². The zero-order chi connectivity index (χ0) is 27.6. The SMILES string of the molecule is CCCCNC(=O)C(CC)N(Cc1ccc(C)cc1)C(=O)CCCN(c1cccc(Cl)c1C)S(C)(=O)=O. The van der Waals surface area contributed by atoms with Gasteiger partial charge in [-0.15, -0.1) is 0 Å². The summed E-state index contributed by atoms with van der Waals surface area (Å²) in [6.45, 7) is 8.73. The van der Waals surface area contributed by atoms with Crippen molar-refractivity contribution in [3.63, 3.8) is 0 Å². The van der Waals surface area contributed by atoms with E-state index in [-0.39, 0.29) is 24.8 Å². The number of hydrogen-bond donors (Lipinski definition) is 1. The Kier molecular flexibility index (Phi) is 11.9. The molecule has 0 saturated heterocycles. The maximum absolute atomic E-state index is 13.5. The lowest BCUT2D eigenvalue weighted by molar-refractivity contribution is -0.141. The Morgan fingerprint density at radius 3 is 2.30 bits per heavy atom. The highest BCUT2D eigenvalue weighted by Crippen LogP contribution is 2.28. The second kappa shape index (κ2) is 14.4. The van der Waals surface area contributed by atoms with Gasteiger partial charge in [0, 0.05) is 31.1 Å². The molecule has 0 bridgehead atoms. The van der Waals surface area contributed by atoms with Crippen LogP contribution in [0.15, 0.2) is 42.5 Å². The molecule has 2 amide bonds. The first-order valence-electron chi connectivity index (χ1n) is 12.8. The number of halogens is 1. The number of nitrogens with one attached hydrogen (secondary N) is 1. The monoisotopic (exact) mass is 549 g/mol. The molecule has 0 saturated carbocycles. The minimum Gasteiger partial charge on any atom is -0.354 e. The molecule has 0 aromatic heterocycles. The number of unbranched alkanes of at least 4 members (excludes halogenated alkanes) is 1. The van der Waals surface area contributed by atoms with Crippen molar-refractivity contribution >= 4 is 39.1 Å². The summed E-state index contributed by atoms with van der Waals surface area (Å²) in [5, 5.41) is 3.44. The summed E-state index contributed by atoms with van der Waals surface area (Å²) in [7, 11) is -3.59. The molecule has 0 radical (unpaired) electrons. The number of benzene rings is 2. The van der Waals surface area contributed by atoms with Gasteiger partial charge in [-0.25, -0.2) is 8.42 Å². The zero-order valence-corrected chi connectivity index (χ0v) is 24.2. The van der Waals surface area contributed by atoms with Crippen LogP contribution in [0.4, 0.5) is 5.69 Å². The van der Waals surface area contributed by atoms with Crippen LogP contribution >= 0.6 is 11.6 Å². The van der Waals surface area contributed by atoms with Crippen molar-refractivity contribution in [3.05, 3.63) is 64.2 Å². The van der Waals surface area contributed by atoms with Gasteiger partial charge in [-0.2, -0.15) is 0 Å². The van der Waals surface area contributed by atoms with E-state index >= 15 is 0 Å². The molecule has 0 spiro atoms. The van der Waals surface area contributed by atoms with Crippen molar-refractivity contribution in [2.75, 3.05) is 23.7 Å². The first kappa shape index (κ1) is 30.6. The molecule has 0 aliphatic heterocycles. The fourth-order valence-corrected chi connectivity index (χ4v) is 5.35. The average molecular weight is 550 g/mol. The van der Waals surface area contributed by atoms with E-state index in [0.717, 1.165) is 30.2 Å². The molecule has 2 aromatic rings. The van der Waals surface area contributed by atoms with E-state index in [2.05, 4.69) is 12.2 Å². The van der Waals surface area contributed by atoms with Crippen LogP contribution in [-0.4, -0.2) is 50.5 Å². The van der Waals surface area contributed by atoms with Crippen LogP contribution < -0.4 is 9.62 Å². The van der Waals surface area contributed by atoms with Gasteiger partial charge < -0.3 is 10.2 Å². The molecule has 37 heavy (non-hydrogen) atoms. The molecule has 1 atom stereocenters. The molecule has 0 aliphatic carbocycles. The second-order valence-electron chi connectivity index (χ2n) is 9.40. The lowest BCUT2D eigenvalue weighted by atomic mass is 10.1. The molecule has 1 N–H and O–H groups in total. The largest absolute Gasteiger partial charge is 0.354 e. The number of rotatable bonds is 14. The molecule has 1 unspecified atom stereocenters. The summed E-state index contributed by atoms with van der Waals surface area (Å²) in [4.78, 5) is 28.1. The minimum absolute atomic E-state index is 0.107. The van der Waals surface area contributed by atoms with Crippen molar-refractivity contribution in [1.29, 1.82) is 0 Å². The third-order valence-electron chi connectivity index (χ3n) is 6.35. The van der Waals surface area contributed by atoms with Gasteiger partial charge in [0.25, 0.3) is 0 Å². The third-order valence-corrected chi connectivity index (χ3v) is 7.94. The molecule has 0 fully saturated rings. The van der Waals surface area contributed by atoms with Gasteiger partial charge in [-0.1, -0.05) is 67.8 Å². The maximum atomic E-state index is 13.5. The normalized spacial score (nSPS) is 12.2. The fraction of sp³-hybridized carbons (Fsp3) is 0.500. The topological polar surface area (TPSA) is 86.8 Å². The lowest BCUT2D eigenvalue weighted by Crippen LogP contribution is -2.49. The van der Waals surface area contributed by atoms with Gasteiger partial charge >= 0.3 is 0 Å². The number of carbonyl (C=O) groups excluding carboxylic acids is 2. The fourth-order valence-electron chi connectivity index (χ4n) is 4.16. The van der Waals surface area contributed by atoms with Crippen LogP contribution in [0.3, 0.4) is 0 Å². The average Bonchev–Trinajstić information content (AvgIpc) is 2.84. The standard InChI is InChI=1S/C28H40ClN3O4S/c1-6-8-18-30-28(34)25(7-2)31(20-23-16-14-21(3)15-17-23)27(33)13-10-19-32(37(5,35)36)26-12-9-11-24(29)22(26)4/h9,11-12,14-17,25H,6-8,10,13,18-20H2,1-5H3,(H,30,34). The van der Waals surface area contributed by atoms with Crippen LogP contribution in [-0.2, 0) is 26.2 Å². The van der Waals surface area contributed by atoms with Gasteiger partial charge in [0.05, 0.1) is 11.9 Å². The van der Waals surface area contributed by atoms with E-state index in [1.54, 1.807) is 30.0 Å². The molecule has 0 aliphatic rings. The quantitative estimate of drug-likeness (QED) is 0.327. The van der Waals surface area contributed by atoms with E-state index in [4.69, 9.17) is 11.6 Å². The molecule has 9 heteroatoms.